The topological polar surface area (TPSA) is 142 Å². The average molecular weight is 170 g/mol. The van der Waals surface area contributed by atoms with E-state index in [1.807, 2.05) is 0 Å². The van der Waals surface area contributed by atoms with Crippen LogP contribution in [-0.4, -0.2) is 34.1 Å². The summed E-state index contributed by atoms with van der Waals surface area (Å²) in [5, 5.41) is 38.0. The standard InChI is InChI=1S/C2HBN2O.C2H2O4/c4-1-3(6)2-5;3-1(4)2(5)6/h6H;(H,3,4)(H,5,6). The predicted octanol–water partition coefficient (Wildman–Crippen LogP) is -1.75. The van der Waals surface area contributed by atoms with Crippen LogP contribution >= 0.6 is 0 Å². The number of nitriles is 2. The molecule has 0 bridgehead atoms. The van der Waals surface area contributed by atoms with Crippen molar-refractivity contribution in [2.24, 2.45) is 0 Å². The quantitative estimate of drug-likeness (QED) is 0.288. The monoisotopic (exact) mass is 170 g/mol. The lowest BCUT2D eigenvalue weighted by Crippen LogP contribution is -2.09. The van der Waals surface area contributed by atoms with Crippen molar-refractivity contribution >= 4 is 18.9 Å². The molecule has 0 atom stereocenters. The smallest absolute Gasteiger partial charge is 0.473 e. The largest absolute Gasteiger partial charge is 0.526 e. The molecule has 12 heavy (non-hydrogen) atoms. The maximum Gasteiger partial charge on any atom is 0.526 e. The van der Waals surface area contributed by atoms with Crippen molar-refractivity contribution in [2.75, 3.05) is 0 Å². The van der Waals surface area contributed by atoms with Gasteiger partial charge in [0.15, 0.2) is 0 Å². The van der Waals surface area contributed by atoms with Gasteiger partial charge in [0.2, 0.25) is 0 Å². The van der Waals surface area contributed by atoms with Crippen LogP contribution in [0.3, 0.4) is 0 Å². The predicted molar refractivity (Wildman–Crippen MR) is 34.5 cm³/mol. The van der Waals surface area contributed by atoms with Crippen LogP contribution in [0.25, 0.3) is 0 Å². The molecule has 8 heteroatoms. The summed E-state index contributed by atoms with van der Waals surface area (Å²) in [7, 11) is 0. The van der Waals surface area contributed by atoms with Crippen molar-refractivity contribution in [2.45, 2.75) is 0 Å². The Morgan fingerprint density at radius 1 is 1.08 bits per heavy atom. The Bertz CT molecular complexity index is 225. The molecule has 0 aromatic carbocycles. The molecule has 62 valence electrons. The van der Waals surface area contributed by atoms with Gasteiger partial charge >= 0.3 is 18.9 Å². The second kappa shape index (κ2) is 7.06. The van der Waals surface area contributed by atoms with Crippen LogP contribution < -0.4 is 0 Å². The summed E-state index contributed by atoms with van der Waals surface area (Å²) >= 11 is 0. The highest BCUT2D eigenvalue weighted by Crippen LogP contribution is 1.60. The first-order valence-electron chi connectivity index (χ1n) is 2.39. The molecule has 0 aliphatic carbocycles. The van der Waals surface area contributed by atoms with Gasteiger partial charge in [0.1, 0.15) is 0 Å². The van der Waals surface area contributed by atoms with Crippen LogP contribution in [0.2, 0.25) is 0 Å². The first-order chi connectivity index (χ1) is 5.45. The number of carboxylic acids is 2. The summed E-state index contributed by atoms with van der Waals surface area (Å²) in [4.78, 5) is 18.2. The molecule has 0 heterocycles. The number of hydrogen-bond acceptors (Lipinski definition) is 5. The third-order valence-corrected chi connectivity index (χ3v) is 0.428. The Hall–Kier alpha value is -2.06. The van der Waals surface area contributed by atoms with Gasteiger partial charge in [-0.25, -0.2) is 20.1 Å². The molecule has 0 unspecified atom stereocenters. The average Bonchev–Trinajstić information content (AvgIpc) is 2.04. The molecule has 3 N–H and O–H groups in total. The molecule has 0 amide bonds. The lowest BCUT2D eigenvalue weighted by Gasteiger charge is -1.72. The molecule has 0 saturated carbocycles. The fraction of sp³-hybridized carbons (Fsp3) is 0. The fourth-order valence-electron chi connectivity index (χ4n) is 0.0289. The van der Waals surface area contributed by atoms with Crippen molar-refractivity contribution in [3.63, 3.8) is 0 Å². The second-order valence-electron chi connectivity index (χ2n) is 1.27. The number of nitrogens with zero attached hydrogens (tertiary/aromatic N) is 2. The third kappa shape index (κ3) is 10.8. The van der Waals surface area contributed by atoms with Gasteiger partial charge in [0.05, 0.1) is 11.9 Å². The lowest BCUT2D eigenvalue weighted by atomic mass is 9.74. The van der Waals surface area contributed by atoms with E-state index in [2.05, 4.69) is 0 Å². The second-order valence-corrected chi connectivity index (χ2v) is 1.27. The van der Waals surface area contributed by atoms with Crippen LogP contribution in [0, 0.1) is 22.5 Å². The van der Waals surface area contributed by atoms with E-state index in [1.54, 1.807) is 0 Å². The Balaban J connectivity index is 0. The van der Waals surface area contributed by atoms with Crippen molar-refractivity contribution in [1.82, 2.24) is 0 Å². The minimum Gasteiger partial charge on any atom is -0.473 e. The lowest BCUT2D eigenvalue weighted by molar-refractivity contribution is -0.159. The van der Waals surface area contributed by atoms with Gasteiger partial charge in [-0.05, 0) is 0 Å². The van der Waals surface area contributed by atoms with Crippen LogP contribution in [0.15, 0.2) is 0 Å². The minimum absolute atomic E-state index is 1.31. The van der Waals surface area contributed by atoms with E-state index in [4.69, 9.17) is 35.3 Å². The van der Waals surface area contributed by atoms with E-state index in [0.717, 1.165) is 0 Å². The molecule has 0 aliphatic heterocycles. The number of hydrogen-bond donors (Lipinski definition) is 3. The van der Waals surface area contributed by atoms with Gasteiger partial charge in [-0.2, -0.15) is 0 Å². The SMILES string of the molecule is N#CB(O)C#N.O=C(O)C(=O)O. The van der Waals surface area contributed by atoms with E-state index < -0.39 is 18.9 Å². The fourth-order valence-corrected chi connectivity index (χ4v) is 0.0289. The van der Waals surface area contributed by atoms with E-state index in [1.165, 1.54) is 11.9 Å². The summed E-state index contributed by atoms with van der Waals surface area (Å²) in [5.41, 5.74) is 0. The highest BCUT2D eigenvalue weighted by atomic mass is 16.4. The van der Waals surface area contributed by atoms with Crippen molar-refractivity contribution in [3.05, 3.63) is 0 Å². The first-order valence-corrected chi connectivity index (χ1v) is 2.39. The van der Waals surface area contributed by atoms with E-state index in [-0.39, 0.29) is 0 Å². The first kappa shape index (κ1) is 12.6. The Labute approximate surface area is 67.2 Å². The molecule has 0 aromatic rings. The molecule has 0 aromatic heterocycles. The van der Waals surface area contributed by atoms with E-state index in [9.17, 15) is 0 Å². The molecule has 0 spiro atoms. The van der Waals surface area contributed by atoms with E-state index >= 15 is 0 Å². The summed E-state index contributed by atoms with van der Waals surface area (Å²) in [6.45, 7) is -1.45. The van der Waals surface area contributed by atoms with Gasteiger partial charge in [-0.3, -0.25) is 0 Å². The Kier molecular flexibility index (Phi) is 7.41. The summed E-state index contributed by atoms with van der Waals surface area (Å²) < 4.78 is 0. The molecule has 0 aliphatic rings. The molecule has 0 saturated heterocycles. The molecule has 7 nitrogen and oxygen atoms in total. The third-order valence-electron chi connectivity index (χ3n) is 0.428. The number of carboxylic acid groups (broad SMARTS) is 2. The maximum atomic E-state index is 9.10. The summed E-state index contributed by atoms with van der Waals surface area (Å²) in [6.07, 6.45) is 0. The van der Waals surface area contributed by atoms with Gasteiger partial charge in [-0.15, -0.1) is 0 Å². The zero-order valence-electron chi connectivity index (χ0n) is 5.63. The van der Waals surface area contributed by atoms with Crippen LogP contribution in [0.4, 0.5) is 0 Å². The molecular formula is C4H3BN2O5. The zero-order valence-corrected chi connectivity index (χ0v) is 5.63. The van der Waals surface area contributed by atoms with Crippen molar-refractivity contribution in [3.8, 4) is 11.9 Å². The maximum absolute atomic E-state index is 9.10. The Morgan fingerprint density at radius 2 is 1.33 bits per heavy atom. The summed E-state index contributed by atoms with van der Waals surface area (Å²) in [6, 6.07) is 0. The van der Waals surface area contributed by atoms with Gasteiger partial charge < -0.3 is 15.2 Å². The number of aliphatic carboxylic acids is 2. The number of carbonyl (C=O) groups is 2. The van der Waals surface area contributed by atoms with Crippen LogP contribution in [0.5, 0.6) is 0 Å². The van der Waals surface area contributed by atoms with Crippen LogP contribution in [0.1, 0.15) is 0 Å². The van der Waals surface area contributed by atoms with Crippen LogP contribution in [-0.2, 0) is 9.59 Å². The van der Waals surface area contributed by atoms with Gasteiger partial charge in [-0.1, -0.05) is 0 Å². The van der Waals surface area contributed by atoms with E-state index in [0.29, 0.717) is 0 Å². The molecule has 0 fully saturated rings. The molecule has 0 rings (SSSR count). The summed E-state index contributed by atoms with van der Waals surface area (Å²) in [5.74, 6) is -1.03. The normalized spacial score (nSPS) is 6.25. The highest BCUT2D eigenvalue weighted by molar-refractivity contribution is 6.66. The molecular weight excluding hydrogens is 167 g/mol. The van der Waals surface area contributed by atoms with Crippen molar-refractivity contribution < 1.29 is 24.8 Å². The highest BCUT2D eigenvalue weighted by Gasteiger charge is 2.04. The van der Waals surface area contributed by atoms with Gasteiger partial charge in [0, 0.05) is 0 Å². The minimum atomic E-state index is -1.82. The van der Waals surface area contributed by atoms with Crippen molar-refractivity contribution in [1.29, 1.82) is 10.5 Å². The molecule has 0 radical (unpaired) electrons. The number of rotatable bonds is 0. The zero-order chi connectivity index (χ0) is 10.1. The Morgan fingerprint density at radius 3 is 1.33 bits per heavy atom. The van der Waals surface area contributed by atoms with Gasteiger partial charge in [0.25, 0.3) is 0 Å².